The van der Waals surface area contributed by atoms with E-state index in [2.05, 4.69) is 15.3 Å². The Morgan fingerprint density at radius 1 is 1.38 bits per heavy atom. The minimum Gasteiger partial charge on any atom is -0.375 e. The topological polar surface area (TPSA) is 84.4 Å². The van der Waals surface area contributed by atoms with Gasteiger partial charge in [-0.15, -0.1) is 0 Å². The summed E-state index contributed by atoms with van der Waals surface area (Å²) in [5, 5.41) is 2.94. The van der Waals surface area contributed by atoms with Crippen molar-refractivity contribution in [3.05, 3.63) is 12.4 Å². The number of anilines is 1. The number of aromatic nitrogens is 2. The molecular formula is C13H22N4O3S. The van der Waals surface area contributed by atoms with E-state index in [9.17, 15) is 8.42 Å². The Hall–Kier alpha value is -1.25. The molecule has 118 valence electrons. The van der Waals surface area contributed by atoms with E-state index in [0.29, 0.717) is 32.1 Å². The lowest BCUT2D eigenvalue weighted by atomic mass is 10.2. The van der Waals surface area contributed by atoms with Gasteiger partial charge in [-0.25, -0.2) is 18.4 Å². The number of ether oxygens (including phenoxy) is 1. The molecule has 1 aromatic heterocycles. The molecule has 0 aromatic carbocycles. The van der Waals surface area contributed by atoms with Crippen LogP contribution in [0, 0.1) is 0 Å². The number of nitrogens with zero attached hydrogens (tertiary/aromatic N) is 3. The molecule has 0 amide bonds. The number of rotatable bonds is 5. The highest BCUT2D eigenvalue weighted by Crippen LogP contribution is 2.23. The predicted octanol–water partition coefficient (Wildman–Crippen LogP) is 1.10. The summed E-state index contributed by atoms with van der Waals surface area (Å²) in [6, 6.07) is -0.139. The Balaban J connectivity index is 2.26. The number of sulfonamides is 1. The molecule has 1 N–H and O–H groups in total. The van der Waals surface area contributed by atoms with Crippen LogP contribution in [0.5, 0.6) is 0 Å². The molecule has 0 aliphatic carbocycles. The summed E-state index contributed by atoms with van der Waals surface area (Å²) in [6.45, 7) is 7.22. The van der Waals surface area contributed by atoms with Crippen LogP contribution >= 0.6 is 0 Å². The molecule has 1 aliphatic heterocycles. The first kappa shape index (κ1) is 16.1. The summed E-state index contributed by atoms with van der Waals surface area (Å²) < 4.78 is 32.5. The summed E-state index contributed by atoms with van der Waals surface area (Å²) in [7, 11) is -3.59. The molecule has 2 atom stereocenters. The van der Waals surface area contributed by atoms with Gasteiger partial charge in [0.1, 0.15) is 4.90 Å². The first-order valence-corrected chi connectivity index (χ1v) is 8.62. The van der Waals surface area contributed by atoms with Crippen LogP contribution in [-0.2, 0) is 14.8 Å². The van der Waals surface area contributed by atoms with Crippen LogP contribution in [0.4, 0.5) is 5.95 Å². The van der Waals surface area contributed by atoms with E-state index in [4.69, 9.17) is 4.74 Å². The van der Waals surface area contributed by atoms with Gasteiger partial charge >= 0.3 is 0 Å². The fraction of sp³-hybridized carbons (Fsp3) is 0.692. The highest BCUT2D eigenvalue weighted by molar-refractivity contribution is 7.89. The third-order valence-electron chi connectivity index (χ3n) is 3.46. The molecule has 2 unspecified atom stereocenters. The molecule has 8 heteroatoms. The second-order valence-electron chi connectivity index (χ2n) is 5.05. The molecule has 1 saturated heterocycles. The summed E-state index contributed by atoms with van der Waals surface area (Å²) >= 11 is 0. The van der Waals surface area contributed by atoms with Crippen LogP contribution in [0.15, 0.2) is 17.3 Å². The zero-order chi connectivity index (χ0) is 15.5. The van der Waals surface area contributed by atoms with Gasteiger partial charge in [-0.1, -0.05) is 6.92 Å². The largest absolute Gasteiger partial charge is 0.375 e. The van der Waals surface area contributed by atoms with E-state index >= 15 is 0 Å². The van der Waals surface area contributed by atoms with Crippen molar-refractivity contribution in [2.75, 3.05) is 25.0 Å². The van der Waals surface area contributed by atoms with Crippen LogP contribution in [0.1, 0.15) is 27.2 Å². The van der Waals surface area contributed by atoms with E-state index in [-0.39, 0.29) is 17.0 Å². The van der Waals surface area contributed by atoms with Gasteiger partial charge in [0.15, 0.2) is 0 Å². The summed E-state index contributed by atoms with van der Waals surface area (Å²) in [6.07, 6.45) is 3.31. The molecule has 0 saturated carbocycles. The van der Waals surface area contributed by atoms with E-state index < -0.39 is 10.0 Å². The van der Waals surface area contributed by atoms with Crippen LogP contribution in [0.2, 0.25) is 0 Å². The summed E-state index contributed by atoms with van der Waals surface area (Å²) in [5.74, 6) is 0.429. The van der Waals surface area contributed by atoms with Crippen LogP contribution in [0.25, 0.3) is 0 Å². The molecule has 2 heterocycles. The summed E-state index contributed by atoms with van der Waals surface area (Å²) in [4.78, 5) is 8.20. The van der Waals surface area contributed by atoms with E-state index in [1.807, 2.05) is 20.8 Å². The number of hydrogen-bond acceptors (Lipinski definition) is 6. The lowest BCUT2D eigenvalue weighted by Crippen LogP contribution is -2.51. The van der Waals surface area contributed by atoms with Crippen molar-refractivity contribution in [3.63, 3.8) is 0 Å². The van der Waals surface area contributed by atoms with Gasteiger partial charge in [-0.3, -0.25) is 0 Å². The second kappa shape index (κ2) is 6.67. The predicted molar refractivity (Wildman–Crippen MR) is 79.6 cm³/mol. The van der Waals surface area contributed by atoms with Crippen molar-refractivity contribution in [2.24, 2.45) is 0 Å². The minimum atomic E-state index is -3.59. The lowest BCUT2D eigenvalue weighted by molar-refractivity contribution is -0.0230. The van der Waals surface area contributed by atoms with Gasteiger partial charge in [0, 0.05) is 19.1 Å². The van der Waals surface area contributed by atoms with Crippen molar-refractivity contribution in [3.8, 4) is 0 Å². The van der Waals surface area contributed by atoms with Gasteiger partial charge in [0.25, 0.3) is 0 Å². The van der Waals surface area contributed by atoms with Crippen molar-refractivity contribution in [1.82, 2.24) is 14.3 Å². The Kier molecular flexibility index (Phi) is 5.13. The fourth-order valence-electron chi connectivity index (χ4n) is 2.26. The smallest absolute Gasteiger partial charge is 0.246 e. The van der Waals surface area contributed by atoms with Crippen molar-refractivity contribution in [1.29, 1.82) is 0 Å². The monoisotopic (exact) mass is 314 g/mol. The molecule has 0 spiro atoms. The first-order chi connectivity index (χ1) is 9.98. The van der Waals surface area contributed by atoms with Gasteiger partial charge in [0.2, 0.25) is 16.0 Å². The standard InChI is InChI=1S/C13H22N4O3S/c1-4-11-9-20-10(3)8-17(11)21(18,19)12-6-15-13(14-5-2)16-7-12/h6-7,10-11H,4-5,8-9H2,1-3H3,(H,14,15,16). The van der Waals surface area contributed by atoms with Gasteiger partial charge in [-0.05, 0) is 20.3 Å². The molecule has 0 radical (unpaired) electrons. The third-order valence-corrected chi connectivity index (χ3v) is 5.33. The molecule has 1 aliphatic rings. The molecule has 2 rings (SSSR count). The van der Waals surface area contributed by atoms with Crippen LogP contribution < -0.4 is 5.32 Å². The molecule has 1 fully saturated rings. The molecule has 0 bridgehead atoms. The maximum atomic E-state index is 12.7. The van der Waals surface area contributed by atoms with Crippen LogP contribution in [-0.4, -0.2) is 54.5 Å². The number of nitrogens with one attached hydrogen (secondary N) is 1. The lowest BCUT2D eigenvalue weighted by Gasteiger charge is -2.37. The van der Waals surface area contributed by atoms with Gasteiger partial charge in [-0.2, -0.15) is 4.31 Å². The minimum absolute atomic E-state index is 0.107. The SMILES string of the molecule is CCNc1ncc(S(=O)(=O)N2CC(C)OCC2CC)cn1. The van der Waals surface area contributed by atoms with Crippen molar-refractivity contribution < 1.29 is 13.2 Å². The maximum Gasteiger partial charge on any atom is 0.246 e. The number of hydrogen-bond donors (Lipinski definition) is 1. The van der Waals surface area contributed by atoms with E-state index in [1.165, 1.54) is 16.7 Å². The zero-order valence-electron chi connectivity index (χ0n) is 12.6. The zero-order valence-corrected chi connectivity index (χ0v) is 13.4. The quantitative estimate of drug-likeness (QED) is 0.876. The Morgan fingerprint density at radius 2 is 2.05 bits per heavy atom. The maximum absolute atomic E-state index is 12.7. The molecule has 1 aromatic rings. The van der Waals surface area contributed by atoms with Gasteiger partial charge < -0.3 is 10.1 Å². The Morgan fingerprint density at radius 3 is 2.62 bits per heavy atom. The second-order valence-corrected chi connectivity index (χ2v) is 6.94. The molecule has 21 heavy (non-hydrogen) atoms. The number of morpholine rings is 1. The third kappa shape index (κ3) is 3.50. The average Bonchev–Trinajstić information content (AvgIpc) is 2.48. The normalized spacial score (nSPS) is 24.0. The van der Waals surface area contributed by atoms with Crippen molar-refractivity contribution >= 4 is 16.0 Å². The Labute approximate surface area is 125 Å². The Bertz CT molecular complexity index is 561. The van der Waals surface area contributed by atoms with E-state index in [0.717, 1.165) is 0 Å². The molecular weight excluding hydrogens is 292 g/mol. The first-order valence-electron chi connectivity index (χ1n) is 7.18. The summed E-state index contributed by atoms with van der Waals surface area (Å²) in [5.41, 5.74) is 0. The highest BCUT2D eigenvalue weighted by Gasteiger charge is 2.35. The van der Waals surface area contributed by atoms with E-state index in [1.54, 1.807) is 0 Å². The van der Waals surface area contributed by atoms with Crippen molar-refractivity contribution in [2.45, 2.75) is 44.2 Å². The molecule has 7 nitrogen and oxygen atoms in total. The highest BCUT2D eigenvalue weighted by atomic mass is 32.2. The fourth-order valence-corrected chi connectivity index (χ4v) is 3.91. The van der Waals surface area contributed by atoms with Crippen LogP contribution in [0.3, 0.4) is 0 Å². The average molecular weight is 314 g/mol. The van der Waals surface area contributed by atoms with Gasteiger partial charge in [0.05, 0.1) is 25.1 Å².